The molecule has 6 heteroatoms. The van der Waals surface area contributed by atoms with E-state index >= 15 is 0 Å². The minimum atomic E-state index is -0.463. The van der Waals surface area contributed by atoms with Crippen LogP contribution >= 0.6 is 27.3 Å². The fourth-order valence-corrected chi connectivity index (χ4v) is 4.32. The highest BCUT2D eigenvalue weighted by Crippen LogP contribution is 2.29. The predicted octanol–water partition coefficient (Wildman–Crippen LogP) is 5.42. The number of hydrogen-bond donors (Lipinski definition) is 1. The van der Waals surface area contributed by atoms with Crippen molar-refractivity contribution in [2.45, 2.75) is 45.9 Å². The lowest BCUT2D eigenvalue weighted by atomic mass is 9.98. The summed E-state index contributed by atoms with van der Waals surface area (Å²) in [6, 6.07) is 8.33. The minimum absolute atomic E-state index is 0.237. The Bertz CT molecular complexity index is 767. The van der Waals surface area contributed by atoms with Gasteiger partial charge in [0.2, 0.25) is 0 Å². The number of fused-ring (bicyclic) bond motifs is 1. The summed E-state index contributed by atoms with van der Waals surface area (Å²) >= 11 is 5.31. The Balaban J connectivity index is 1.70. The Hall–Kier alpha value is -1.53. The Morgan fingerprint density at radius 3 is 2.84 bits per heavy atom. The largest absolute Gasteiger partial charge is 0.444 e. The molecule has 1 amide bonds. The lowest BCUT2D eigenvalue weighted by Crippen LogP contribution is -2.40. The number of carbonyl (C=O) groups is 1. The molecule has 4 nitrogen and oxygen atoms in total. The molecule has 134 valence electrons. The number of ether oxygens (including phenoxy) is 1. The second kappa shape index (κ2) is 7.38. The van der Waals surface area contributed by atoms with Crippen LogP contribution in [0.5, 0.6) is 0 Å². The molecule has 0 saturated heterocycles. The number of carbonyl (C=O) groups excluding carboxylic acids is 1. The topological polar surface area (TPSA) is 41.6 Å². The minimum Gasteiger partial charge on any atom is -0.444 e. The second-order valence-corrected chi connectivity index (χ2v) is 9.00. The zero-order valence-corrected chi connectivity index (χ0v) is 17.2. The zero-order chi connectivity index (χ0) is 18.0. The van der Waals surface area contributed by atoms with E-state index in [1.165, 1.54) is 16.0 Å². The number of rotatable bonds is 3. The normalized spacial score (nSPS) is 14.2. The molecule has 0 bridgehead atoms. The molecule has 0 saturated carbocycles. The van der Waals surface area contributed by atoms with Crippen LogP contribution in [-0.4, -0.2) is 23.1 Å². The molecule has 0 unspecified atom stereocenters. The van der Waals surface area contributed by atoms with Gasteiger partial charge in [0.25, 0.3) is 0 Å². The third kappa shape index (κ3) is 4.55. The first-order chi connectivity index (χ1) is 11.8. The smallest absolute Gasteiger partial charge is 0.410 e. The third-order valence-corrected chi connectivity index (χ3v) is 5.97. The number of halogens is 1. The summed E-state index contributed by atoms with van der Waals surface area (Å²) in [5, 5.41) is 5.63. The number of hydrogen-bond acceptors (Lipinski definition) is 4. The van der Waals surface area contributed by atoms with Crippen molar-refractivity contribution in [3.63, 3.8) is 0 Å². The van der Waals surface area contributed by atoms with E-state index in [1.807, 2.05) is 26.8 Å². The van der Waals surface area contributed by atoms with Crippen molar-refractivity contribution in [2.75, 3.05) is 11.9 Å². The van der Waals surface area contributed by atoms with Crippen molar-refractivity contribution >= 4 is 39.0 Å². The maximum absolute atomic E-state index is 12.3. The highest BCUT2D eigenvalue weighted by atomic mass is 79.9. The van der Waals surface area contributed by atoms with E-state index in [0.717, 1.165) is 23.1 Å². The van der Waals surface area contributed by atoms with Gasteiger partial charge in [-0.1, -0.05) is 12.1 Å². The van der Waals surface area contributed by atoms with E-state index in [0.29, 0.717) is 13.1 Å². The second-order valence-electron chi connectivity index (χ2n) is 7.14. The number of amides is 1. The van der Waals surface area contributed by atoms with Gasteiger partial charge in [-0.15, -0.1) is 11.3 Å². The van der Waals surface area contributed by atoms with E-state index in [-0.39, 0.29) is 6.09 Å². The number of nitrogens with one attached hydrogen (secondary N) is 1. The van der Waals surface area contributed by atoms with Crippen molar-refractivity contribution in [3.05, 3.63) is 50.1 Å². The summed E-state index contributed by atoms with van der Waals surface area (Å²) in [6.07, 6.45) is 0.600. The van der Waals surface area contributed by atoms with Gasteiger partial charge >= 0.3 is 6.09 Å². The fraction of sp³-hybridized carbons (Fsp3) is 0.421. The van der Waals surface area contributed by atoms with Crippen molar-refractivity contribution in [1.82, 2.24) is 4.90 Å². The Labute approximate surface area is 161 Å². The first-order valence-corrected chi connectivity index (χ1v) is 10.1. The van der Waals surface area contributed by atoms with Crippen LogP contribution in [0, 0.1) is 0 Å². The van der Waals surface area contributed by atoms with Crippen LogP contribution in [0.2, 0.25) is 0 Å². The molecule has 0 radical (unpaired) electrons. The molecule has 1 aliphatic heterocycles. The predicted molar refractivity (Wildman–Crippen MR) is 106 cm³/mol. The lowest BCUT2D eigenvalue weighted by Gasteiger charge is -2.32. The molecule has 2 heterocycles. The van der Waals surface area contributed by atoms with Gasteiger partial charge in [0.05, 0.1) is 6.54 Å². The number of benzene rings is 1. The van der Waals surface area contributed by atoms with Crippen LogP contribution in [0.3, 0.4) is 0 Å². The molecule has 1 N–H and O–H groups in total. The number of thiophene rings is 1. The standard InChI is InChI=1S/C19H23BrN2O2S/c1-19(2,3)24-18(23)22-9-7-14-13(12-22)5-4-6-16(14)21-11-17-15(20)8-10-25-17/h4-6,8,10,21H,7,9,11-12H2,1-3H3. The molecule has 25 heavy (non-hydrogen) atoms. The van der Waals surface area contributed by atoms with Gasteiger partial charge in [0, 0.05) is 28.1 Å². The van der Waals surface area contributed by atoms with E-state index in [4.69, 9.17) is 4.74 Å². The summed E-state index contributed by atoms with van der Waals surface area (Å²) in [5.74, 6) is 0. The van der Waals surface area contributed by atoms with Gasteiger partial charge in [-0.2, -0.15) is 0 Å². The maximum Gasteiger partial charge on any atom is 0.410 e. The van der Waals surface area contributed by atoms with Crippen LogP contribution in [-0.2, 0) is 24.2 Å². The Kier molecular flexibility index (Phi) is 5.39. The van der Waals surface area contributed by atoms with Crippen molar-refractivity contribution in [3.8, 4) is 0 Å². The van der Waals surface area contributed by atoms with Crippen molar-refractivity contribution in [2.24, 2.45) is 0 Å². The molecule has 1 aromatic carbocycles. The van der Waals surface area contributed by atoms with Crippen LogP contribution in [0.25, 0.3) is 0 Å². The molecular weight excluding hydrogens is 400 g/mol. The van der Waals surface area contributed by atoms with Crippen LogP contribution in [0.15, 0.2) is 34.1 Å². The van der Waals surface area contributed by atoms with Crippen LogP contribution < -0.4 is 5.32 Å². The van der Waals surface area contributed by atoms with E-state index in [1.54, 1.807) is 16.2 Å². The van der Waals surface area contributed by atoms with Crippen LogP contribution in [0.4, 0.5) is 10.5 Å². The van der Waals surface area contributed by atoms with Gasteiger partial charge in [0.1, 0.15) is 5.60 Å². The Morgan fingerprint density at radius 1 is 1.36 bits per heavy atom. The van der Waals surface area contributed by atoms with E-state index in [9.17, 15) is 4.79 Å². The molecule has 2 aromatic rings. The molecule has 0 atom stereocenters. The first kappa shape index (κ1) is 18.3. The molecule has 3 rings (SSSR count). The van der Waals surface area contributed by atoms with Crippen molar-refractivity contribution in [1.29, 1.82) is 0 Å². The molecule has 0 aliphatic carbocycles. The fourth-order valence-electron chi connectivity index (χ4n) is 2.88. The average molecular weight is 423 g/mol. The summed E-state index contributed by atoms with van der Waals surface area (Å²) in [7, 11) is 0. The maximum atomic E-state index is 12.3. The number of nitrogens with zero attached hydrogens (tertiary/aromatic N) is 1. The van der Waals surface area contributed by atoms with Crippen LogP contribution in [0.1, 0.15) is 36.8 Å². The molecule has 1 aliphatic rings. The van der Waals surface area contributed by atoms with Gasteiger partial charge in [-0.3, -0.25) is 0 Å². The molecule has 0 fully saturated rings. The summed E-state index contributed by atoms with van der Waals surface area (Å²) < 4.78 is 6.64. The highest BCUT2D eigenvalue weighted by molar-refractivity contribution is 9.10. The van der Waals surface area contributed by atoms with Gasteiger partial charge in [0.15, 0.2) is 0 Å². The zero-order valence-electron chi connectivity index (χ0n) is 14.8. The van der Waals surface area contributed by atoms with Gasteiger partial charge in [-0.25, -0.2) is 4.79 Å². The molecular formula is C19H23BrN2O2S. The van der Waals surface area contributed by atoms with Gasteiger partial charge in [-0.05, 0) is 71.8 Å². The third-order valence-electron chi connectivity index (χ3n) is 4.05. The highest BCUT2D eigenvalue weighted by Gasteiger charge is 2.26. The van der Waals surface area contributed by atoms with E-state index < -0.39 is 5.60 Å². The van der Waals surface area contributed by atoms with E-state index in [2.05, 4.69) is 44.8 Å². The number of anilines is 1. The molecule has 0 spiro atoms. The first-order valence-electron chi connectivity index (χ1n) is 8.38. The average Bonchev–Trinajstić information content (AvgIpc) is 2.96. The quantitative estimate of drug-likeness (QED) is 0.717. The molecule has 1 aromatic heterocycles. The van der Waals surface area contributed by atoms with Gasteiger partial charge < -0.3 is 15.0 Å². The SMILES string of the molecule is CC(C)(C)OC(=O)N1CCc2c(cccc2NCc2sccc2Br)C1. The monoisotopic (exact) mass is 422 g/mol. The lowest BCUT2D eigenvalue weighted by molar-refractivity contribution is 0.0224. The Morgan fingerprint density at radius 2 is 2.16 bits per heavy atom. The van der Waals surface area contributed by atoms with Crippen molar-refractivity contribution < 1.29 is 9.53 Å². The summed E-state index contributed by atoms with van der Waals surface area (Å²) in [6.45, 7) is 7.77. The summed E-state index contributed by atoms with van der Waals surface area (Å²) in [4.78, 5) is 15.4. The summed E-state index contributed by atoms with van der Waals surface area (Å²) in [5.41, 5.74) is 3.18.